The molecule has 0 heterocycles. The van der Waals surface area contributed by atoms with E-state index in [1.807, 2.05) is 0 Å². The van der Waals surface area contributed by atoms with Gasteiger partial charge in [-0.05, 0) is 25.3 Å². The number of carboxylic acids is 1. The highest BCUT2D eigenvalue weighted by molar-refractivity contribution is 5.77. The first-order valence-corrected chi connectivity index (χ1v) is 6.70. The zero-order valence-electron chi connectivity index (χ0n) is 11.4. The van der Waals surface area contributed by atoms with Crippen molar-refractivity contribution in [2.24, 2.45) is 17.6 Å². The molecule has 0 aromatic rings. The van der Waals surface area contributed by atoms with Gasteiger partial charge in [0.2, 0.25) is 5.91 Å². The Balaban J connectivity index is 3.83. The third kappa shape index (κ3) is 8.06. The molecule has 0 spiro atoms. The summed E-state index contributed by atoms with van der Waals surface area (Å²) >= 11 is 0. The van der Waals surface area contributed by atoms with Crippen molar-refractivity contribution < 1.29 is 14.7 Å². The summed E-state index contributed by atoms with van der Waals surface area (Å²) in [7, 11) is 0. The summed E-state index contributed by atoms with van der Waals surface area (Å²) in [5.74, 6) is -0.990. The van der Waals surface area contributed by atoms with Crippen LogP contribution in [0.4, 0.5) is 0 Å². The highest BCUT2D eigenvalue weighted by Crippen LogP contribution is 2.16. The van der Waals surface area contributed by atoms with Crippen molar-refractivity contribution in [3.63, 3.8) is 0 Å². The van der Waals surface area contributed by atoms with E-state index in [9.17, 15) is 9.59 Å². The summed E-state index contributed by atoms with van der Waals surface area (Å²) in [5, 5.41) is 11.3. The zero-order chi connectivity index (χ0) is 14.0. The fraction of sp³-hybridized carbons (Fsp3) is 0.846. The van der Waals surface area contributed by atoms with Gasteiger partial charge >= 0.3 is 5.97 Å². The third-order valence-electron chi connectivity index (χ3n) is 3.08. The number of hydrogen-bond donors (Lipinski definition) is 3. The molecule has 1 amide bonds. The standard InChI is InChI=1S/C13H26N2O3/c1-3-4-11(7-8-14)5-6-12(16)15-9-10(2)13(17)18/h10-11H,3-9,14H2,1-2H3,(H,15,16)(H,17,18). The lowest BCUT2D eigenvalue weighted by molar-refractivity contribution is -0.141. The van der Waals surface area contributed by atoms with Gasteiger partial charge in [0.25, 0.3) is 0 Å². The van der Waals surface area contributed by atoms with E-state index in [1.165, 1.54) is 0 Å². The van der Waals surface area contributed by atoms with Gasteiger partial charge in [-0.25, -0.2) is 0 Å². The first-order chi connectivity index (χ1) is 8.51. The van der Waals surface area contributed by atoms with Crippen LogP contribution in [0.3, 0.4) is 0 Å². The molecule has 0 bridgehead atoms. The molecule has 0 aromatic heterocycles. The Bertz CT molecular complexity index is 251. The monoisotopic (exact) mass is 258 g/mol. The van der Waals surface area contributed by atoms with Crippen LogP contribution in [0, 0.1) is 11.8 Å². The maximum absolute atomic E-state index is 11.5. The van der Waals surface area contributed by atoms with E-state index in [0.717, 1.165) is 25.7 Å². The minimum atomic E-state index is -0.887. The average molecular weight is 258 g/mol. The Morgan fingerprint density at radius 3 is 2.44 bits per heavy atom. The van der Waals surface area contributed by atoms with E-state index in [1.54, 1.807) is 6.92 Å². The molecule has 5 heteroatoms. The van der Waals surface area contributed by atoms with Crippen LogP contribution < -0.4 is 11.1 Å². The van der Waals surface area contributed by atoms with Gasteiger partial charge < -0.3 is 16.2 Å². The molecule has 0 aliphatic carbocycles. The van der Waals surface area contributed by atoms with Gasteiger partial charge in [0.05, 0.1) is 5.92 Å². The van der Waals surface area contributed by atoms with Crippen molar-refractivity contribution in [2.75, 3.05) is 13.1 Å². The van der Waals surface area contributed by atoms with Crippen molar-refractivity contribution >= 4 is 11.9 Å². The molecule has 106 valence electrons. The molecule has 0 saturated heterocycles. The minimum Gasteiger partial charge on any atom is -0.481 e. The smallest absolute Gasteiger partial charge is 0.308 e. The average Bonchev–Trinajstić information content (AvgIpc) is 2.33. The Kier molecular flexibility index (Phi) is 9.28. The van der Waals surface area contributed by atoms with Gasteiger partial charge in [0, 0.05) is 13.0 Å². The van der Waals surface area contributed by atoms with E-state index in [2.05, 4.69) is 12.2 Å². The van der Waals surface area contributed by atoms with Gasteiger partial charge in [0.15, 0.2) is 0 Å². The fourth-order valence-electron chi connectivity index (χ4n) is 1.85. The van der Waals surface area contributed by atoms with E-state index >= 15 is 0 Å². The highest BCUT2D eigenvalue weighted by atomic mass is 16.4. The number of carbonyl (C=O) groups excluding carboxylic acids is 1. The zero-order valence-corrected chi connectivity index (χ0v) is 11.4. The number of carbonyl (C=O) groups is 2. The maximum atomic E-state index is 11.5. The van der Waals surface area contributed by atoms with Crippen molar-refractivity contribution in [1.29, 1.82) is 0 Å². The lowest BCUT2D eigenvalue weighted by atomic mass is 9.94. The third-order valence-corrected chi connectivity index (χ3v) is 3.08. The number of carboxylic acid groups (broad SMARTS) is 1. The topological polar surface area (TPSA) is 92.4 Å². The largest absolute Gasteiger partial charge is 0.481 e. The molecule has 0 fully saturated rings. The molecule has 4 N–H and O–H groups in total. The number of rotatable bonds is 10. The molecule has 2 unspecified atom stereocenters. The minimum absolute atomic E-state index is 0.0683. The lowest BCUT2D eigenvalue weighted by Crippen LogP contribution is -2.31. The first-order valence-electron chi connectivity index (χ1n) is 6.70. The second kappa shape index (κ2) is 9.88. The summed E-state index contributed by atoms with van der Waals surface area (Å²) < 4.78 is 0. The summed E-state index contributed by atoms with van der Waals surface area (Å²) in [6, 6.07) is 0. The summed E-state index contributed by atoms with van der Waals surface area (Å²) in [6.07, 6.45) is 4.43. The molecule has 0 radical (unpaired) electrons. The quantitative estimate of drug-likeness (QED) is 0.552. The SMILES string of the molecule is CCCC(CCN)CCC(=O)NCC(C)C(=O)O. The number of nitrogens with one attached hydrogen (secondary N) is 1. The molecule has 18 heavy (non-hydrogen) atoms. The van der Waals surface area contributed by atoms with Gasteiger partial charge in [0.1, 0.15) is 0 Å². The Morgan fingerprint density at radius 1 is 1.28 bits per heavy atom. The Hall–Kier alpha value is -1.10. The summed E-state index contributed by atoms with van der Waals surface area (Å²) in [5.41, 5.74) is 5.53. The summed E-state index contributed by atoms with van der Waals surface area (Å²) in [6.45, 7) is 4.56. The normalized spacial score (nSPS) is 13.9. The number of amides is 1. The predicted octanol–water partition coefficient (Wildman–Crippen LogP) is 1.37. The maximum Gasteiger partial charge on any atom is 0.308 e. The van der Waals surface area contributed by atoms with Gasteiger partial charge in [-0.2, -0.15) is 0 Å². The van der Waals surface area contributed by atoms with Crippen molar-refractivity contribution in [1.82, 2.24) is 5.32 Å². The molecule has 5 nitrogen and oxygen atoms in total. The lowest BCUT2D eigenvalue weighted by Gasteiger charge is -2.15. The van der Waals surface area contributed by atoms with Crippen molar-refractivity contribution in [3.05, 3.63) is 0 Å². The Labute approximate surface area is 109 Å². The van der Waals surface area contributed by atoms with Crippen LogP contribution in [0.5, 0.6) is 0 Å². The van der Waals surface area contributed by atoms with E-state index in [0.29, 0.717) is 18.9 Å². The molecular formula is C13H26N2O3. The van der Waals surface area contributed by atoms with E-state index in [-0.39, 0.29) is 12.5 Å². The first kappa shape index (κ1) is 16.9. The molecule has 0 aliphatic rings. The molecule has 0 rings (SSSR count). The van der Waals surface area contributed by atoms with E-state index in [4.69, 9.17) is 10.8 Å². The van der Waals surface area contributed by atoms with Crippen LogP contribution in [-0.4, -0.2) is 30.1 Å². The number of aliphatic carboxylic acids is 1. The fourth-order valence-corrected chi connectivity index (χ4v) is 1.85. The molecule has 0 aliphatic heterocycles. The second-order valence-corrected chi connectivity index (χ2v) is 4.81. The second-order valence-electron chi connectivity index (χ2n) is 4.81. The molecule has 2 atom stereocenters. The Morgan fingerprint density at radius 2 is 1.94 bits per heavy atom. The van der Waals surface area contributed by atoms with Gasteiger partial charge in [-0.3, -0.25) is 9.59 Å². The van der Waals surface area contributed by atoms with Crippen molar-refractivity contribution in [3.8, 4) is 0 Å². The van der Waals surface area contributed by atoms with E-state index < -0.39 is 11.9 Å². The van der Waals surface area contributed by atoms with Gasteiger partial charge in [-0.15, -0.1) is 0 Å². The van der Waals surface area contributed by atoms with Crippen LogP contribution >= 0.6 is 0 Å². The predicted molar refractivity (Wildman–Crippen MR) is 71.1 cm³/mol. The van der Waals surface area contributed by atoms with Crippen molar-refractivity contribution in [2.45, 2.75) is 46.0 Å². The highest BCUT2D eigenvalue weighted by Gasteiger charge is 2.13. The number of nitrogens with two attached hydrogens (primary N) is 1. The molecular weight excluding hydrogens is 232 g/mol. The van der Waals surface area contributed by atoms with Crippen LogP contribution in [0.15, 0.2) is 0 Å². The van der Waals surface area contributed by atoms with Crippen LogP contribution in [-0.2, 0) is 9.59 Å². The van der Waals surface area contributed by atoms with Crippen LogP contribution in [0.25, 0.3) is 0 Å². The molecule has 0 saturated carbocycles. The number of hydrogen-bond acceptors (Lipinski definition) is 3. The van der Waals surface area contributed by atoms with Gasteiger partial charge in [-0.1, -0.05) is 26.7 Å². The van der Waals surface area contributed by atoms with Crippen LogP contribution in [0.1, 0.15) is 46.0 Å². The molecule has 0 aromatic carbocycles. The van der Waals surface area contributed by atoms with Crippen LogP contribution in [0.2, 0.25) is 0 Å². The summed E-state index contributed by atoms with van der Waals surface area (Å²) in [4.78, 5) is 22.1.